The van der Waals surface area contributed by atoms with Crippen molar-refractivity contribution >= 4 is 6.09 Å². The van der Waals surface area contributed by atoms with Gasteiger partial charge in [-0.3, -0.25) is 0 Å². The molecule has 0 radical (unpaired) electrons. The molecular formula is C17H29NO6. The number of hydrogen-bond acceptors (Lipinski definition) is 6. The Labute approximate surface area is 143 Å². The first kappa shape index (κ1) is 19.2. The van der Waals surface area contributed by atoms with Crippen molar-refractivity contribution in [3.63, 3.8) is 0 Å². The lowest BCUT2D eigenvalue weighted by Crippen LogP contribution is -2.50. The van der Waals surface area contributed by atoms with Crippen molar-refractivity contribution in [2.24, 2.45) is 0 Å². The summed E-state index contributed by atoms with van der Waals surface area (Å²) in [6, 6.07) is -0.352. The van der Waals surface area contributed by atoms with Crippen LogP contribution in [-0.2, 0) is 18.9 Å². The van der Waals surface area contributed by atoms with Crippen LogP contribution in [0.3, 0.4) is 0 Å². The summed E-state index contributed by atoms with van der Waals surface area (Å²) in [5.41, 5.74) is -0.571. The summed E-state index contributed by atoms with van der Waals surface area (Å²) < 4.78 is 22.6. The van der Waals surface area contributed by atoms with E-state index in [1.165, 1.54) is 0 Å². The molecule has 0 bridgehead atoms. The van der Waals surface area contributed by atoms with Crippen LogP contribution in [0.1, 0.15) is 41.0 Å². The van der Waals surface area contributed by atoms with E-state index in [1.807, 2.05) is 40.7 Å². The third kappa shape index (κ3) is 5.73. The van der Waals surface area contributed by atoms with Crippen molar-refractivity contribution in [2.75, 3.05) is 13.2 Å². The highest BCUT2D eigenvalue weighted by atomic mass is 16.7. The lowest BCUT2D eigenvalue weighted by Gasteiger charge is -2.34. The number of aliphatic hydroxyl groups is 1. The van der Waals surface area contributed by atoms with Crippen LogP contribution in [-0.4, -0.2) is 60.2 Å². The van der Waals surface area contributed by atoms with Crippen LogP contribution in [0.2, 0.25) is 0 Å². The van der Waals surface area contributed by atoms with Crippen LogP contribution in [0.4, 0.5) is 4.79 Å². The number of carbonyl (C=O) groups excluding carboxylic acids is 1. The molecule has 2 N–H and O–H groups in total. The Kier molecular flexibility index (Phi) is 5.91. The molecule has 0 aromatic carbocycles. The molecule has 138 valence electrons. The van der Waals surface area contributed by atoms with Gasteiger partial charge >= 0.3 is 6.09 Å². The average Bonchev–Trinajstić information content (AvgIpc) is 2.77. The first-order valence-corrected chi connectivity index (χ1v) is 8.34. The first-order chi connectivity index (χ1) is 11.1. The summed E-state index contributed by atoms with van der Waals surface area (Å²) in [5, 5.41) is 12.1. The van der Waals surface area contributed by atoms with Gasteiger partial charge in [0, 0.05) is 6.42 Å². The Morgan fingerprint density at radius 3 is 2.62 bits per heavy atom. The molecule has 7 nitrogen and oxygen atoms in total. The van der Waals surface area contributed by atoms with Gasteiger partial charge in [0.2, 0.25) is 0 Å². The molecule has 2 heterocycles. The molecule has 24 heavy (non-hydrogen) atoms. The van der Waals surface area contributed by atoms with Gasteiger partial charge in [-0.2, -0.15) is 0 Å². The maximum Gasteiger partial charge on any atom is 0.408 e. The number of aliphatic hydroxyl groups excluding tert-OH is 1. The summed E-state index contributed by atoms with van der Waals surface area (Å²) in [6.07, 6.45) is 2.78. The highest BCUT2D eigenvalue weighted by molar-refractivity contribution is 5.68. The number of rotatable bonds is 4. The van der Waals surface area contributed by atoms with E-state index in [9.17, 15) is 9.90 Å². The van der Waals surface area contributed by atoms with E-state index in [0.717, 1.165) is 0 Å². The molecule has 2 rings (SSSR count). The Morgan fingerprint density at radius 1 is 1.38 bits per heavy atom. The molecular weight excluding hydrogens is 314 g/mol. The fourth-order valence-corrected chi connectivity index (χ4v) is 2.75. The van der Waals surface area contributed by atoms with E-state index >= 15 is 0 Å². The second-order valence-electron chi connectivity index (χ2n) is 7.64. The van der Waals surface area contributed by atoms with Crippen LogP contribution in [0, 0.1) is 0 Å². The molecule has 0 aromatic rings. The summed E-state index contributed by atoms with van der Waals surface area (Å²) in [5.74, 6) is -0.611. The van der Waals surface area contributed by atoms with Crippen molar-refractivity contribution in [1.29, 1.82) is 0 Å². The lowest BCUT2D eigenvalue weighted by atomic mass is 10.0. The molecule has 0 aliphatic carbocycles. The molecule has 2 aliphatic rings. The molecule has 0 spiro atoms. The molecule has 1 unspecified atom stereocenters. The van der Waals surface area contributed by atoms with Gasteiger partial charge < -0.3 is 29.4 Å². The van der Waals surface area contributed by atoms with Gasteiger partial charge in [-0.05, 0) is 34.6 Å². The van der Waals surface area contributed by atoms with Gasteiger partial charge in [-0.15, -0.1) is 0 Å². The summed E-state index contributed by atoms with van der Waals surface area (Å²) >= 11 is 0. The monoisotopic (exact) mass is 343 g/mol. The van der Waals surface area contributed by atoms with E-state index < -0.39 is 17.5 Å². The maximum absolute atomic E-state index is 12.0. The fourth-order valence-electron chi connectivity index (χ4n) is 2.75. The molecule has 1 amide bonds. The predicted octanol–water partition coefficient (Wildman–Crippen LogP) is 1.74. The molecule has 1 saturated heterocycles. The van der Waals surface area contributed by atoms with Gasteiger partial charge in [0.15, 0.2) is 5.79 Å². The minimum absolute atomic E-state index is 0.111. The zero-order valence-corrected chi connectivity index (χ0v) is 15.1. The Bertz CT molecular complexity index is 470. The summed E-state index contributed by atoms with van der Waals surface area (Å²) in [7, 11) is 0. The van der Waals surface area contributed by atoms with Crippen molar-refractivity contribution in [1.82, 2.24) is 5.32 Å². The largest absolute Gasteiger partial charge is 0.444 e. The molecule has 4 atom stereocenters. The Morgan fingerprint density at radius 2 is 2.08 bits per heavy atom. The third-order valence-electron chi connectivity index (χ3n) is 3.71. The Hall–Kier alpha value is -1.15. The number of alkyl carbamates (subject to hydrolysis) is 1. The highest BCUT2D eigenvalue weighted by Gasteiger charge is 2.38. The average molecular weight is 343 g/mol. The molecule has 2 aliphatic heterocycles. The zero-order valence-electron chi connectivity index (χ0n) is 15.1. The van der Waals surface area contributed by atoms with Crippen molar-refractivity contribution in [2.45, 2.75) is 76.8 Å². The standard InChI is InChI=1S/C17H29NO6/c1-16(2,3)24-15(20)18-13-7-6-11(9-19)22-14(13)8-12-10-21-17(4,5)23-12/h6-7,11-14,19H,8-10H2,1-5H3,(H,18,20)/t11-,12?,13+,14+/m0/s1. The molecule has 7 heteroatoms. The van der Waals surface area contributed by atoms with E-state index in [-0.39, 0.29) is 31.0 Å². The van der Waals surface area contributed by atoms with Crippen LogP contribution >= 0.6 is 0 Å². The van der Waals surface area contributed by atoms with E-state index in [4.69, 9.17) is 18.9 Å². The van der Waals surface area contributed by atoms with E-state index in [2.05, 4.69) is 5.32 Å². The molecule has 1 fully saturated rings. The number of nitrogens with one attached hydrogen (secondary N) is 1. The summed E-state index contributed by atoms with van der Waals surface area (Å²) in [6.45, 7) is 9.52. The normalized spacial score (nSPS) is 32.6. The van der Waals surface area contributed by atoms with Crippen LogP contribution in [0.5, 0.6) is 0 Å². The minimum Gasteiger partial charge on any atom is -0.444 e. The van der Waals surface area contributed by atoms with Gasteiger partial charge in [0.25, 0.3) is 0 Å². The van der Waals surface area contributed by atoms with Gasteiger partial charge in [-0.25, -0.2) is 4.79 Å². The van der Waals surface area contributed by atoms with Gasteiger partial charge in [0.1, 0.15) is 5.60 Å². The Balaban J connectivity index is 1.99. The number of ether oxygens (including phenoxy) is 4. The smallest absolute Gasteiger partial charge is 0.408 e. The van der Waals surface area contributed by atoms with Crippen molar-refractivity contribution in [3.05, 3.63) is 12.2 Å². The van der Waals surface area contributed by atoms with Crippen molar-refractivity contribution in [3.8, 4) is 0 Å². The molecule has 0 saturated carbocycles. The topological polar surface area (TPSA) is 86.3 Å². The van der Waals surface area contributed by atoms with Gasteiger partial charge in [-0.1, -0.05) is 12.2 Å². The predicted molar refractivity (Wildman–Crippen MR) is 87.6 cm³/mol. The number of hydrogen-bond donors (Lipinski definition) is 2. The SMILES string of the molecule is CC(C)(C)OC(=O)N[C@@H]1C=C[C@@H](CO)O[C@@H]1CC1COC(C)(C)O1. The van der Waals surface area contributed by atoms with Gasteiger partial charge in [0.05, 0.1) is 37.6 Å². The lowest BCUT2D eigenvalue weighted by molar-refractivity contribution is -0.145. The first-order valence-electron chi connectivity index (χ1n) is 8.34. The van der Waals surface area contributed by atoms with Crippen LogP contribution in [0.25, 0.3) is 0 Å². The second-order valence-corrected chi connectivity index (χ2v) is 7.64. The van der Waals surface area contributed by atoms with E-state index in [0.29, 0.717) is 13.0 Å². The van der Waals surface area contributed by atoms with E-state index in [1.54, 1.807) is 6.08 Å². The molecule has 0 aromatic heterocycles. The second kappa shape index (κ2) is 7.39. The van der Waals surface area contributed by atoms with Crippen LogP contribution < -0.4 is 5.32 Å². The number of carbonyl (C=O) groups is 1. The third-order valence-corrected chi connectivity index (χ3v) is 3.71. The maximum atomic E-state index is 12.0. The van der Waals surface area contributed by atoms with Crippen molar-refractivity contribution < 1.29 is 28.8 Å². The zero-order chi connectivity index (χ0) is 18.0. The minimum atomic E-state index is -0.611. The summed E-state index contributed by atoms with van der Waals surface area (Å²) in [4.78, 5) is 12.0. The highest BCUT2D eigenvalue weighted by Crippen LogP contribution is 2.28. The fraction of sp³-hybridized carbons (Fsp3) is 0.824. The quantitative estimate of drug-likeness (QED) is 0.756. The number of amides is 1. The van der Waals surface area contributed by atoms with Crippen LogP contribution in [0.15, 0.2) is 12.2 Å².